The first-order valence-corrected chi connectivity index (χ1v) is 8.41. The van der Waals surface area contributed by atoms with Gasteiger partial charge < -0.3 is 10.0 Å². The third kappa shape index (κ3) is 2.48. The molecule has 0 radical (unpaired) electrons. The lowest BCUT2D eigenvalue weighted by Gasteiger charge is -2.32. The van der Waals surface area contributed by atoms with Gasteiger partial charge in [-0.05, 0) is 46.6 Å². The van der Waals surface area contributed by atoms with Crippen molar-refractivity contribution in [3.63, 3.8) is 0 Å². The van der Waals surface area contributed by atoms with Crippen LogP contribution in [0.5, 0.6) is 0 Å². The van der Waals surface area contributed by atoms with Gasteiger partial charge in [0.05, 0.1) is 11.8 Å². The minimum Gasteiger partial charge on any atom is -0.481 e. The third-order valence-corrected chi connectivity index (χ3v) is 5.88. The minimum absolute atomic E-state index is 0.0381. The molecule has 2 fully saturated rings. The standard InChI is InChI=1S/C16H21NO3S/c1-16(2)12(13(16)15(19)20)14(18)17-6-3-10(4-7-17)11-5-8-21-9-11/h5,8-10,12-13H,3-4,6-7H2,1-2H3,(H,19,20)/t12-,13+/m1/s1. The van der Waals surface area contributed by atoms with Gasteiger partial charge in [-0.1, -0.05) is 13.8 Å². The molecule has 2 aliphatic rings. The number of carboxylic acid groups (broad SMARTS) is 1. The molecule has 1 aromatic rings. The van der Waals surface area contributed by atoms with Crippen molar-refractivity contribution in [2.45, 2.75) is 32.6 Å². The third-order valence-electron chi connectivity index (χ3n) is 5.18. The van der Waals surface area contributed by atoms with E-state index in [1.54, 1.807) is 11.3 Å². The minimum atomic E-state index is -0.841. The predicted octanol–water partition coefficient (Wildman–Crippen LogP) is 2.81. The van der Waals surface area contributed by atoms with Crippen molar-refractivity contribution in [1.82, 2.24) is 4.90 Å². The number of hydrogen-bond donors (Lipinski definition) is 1. The van der Waals surface area contributed by atoms with E-state index in [4.69, 9.17) is 0 Å². The number of carboxylic acids is 1. The molecule has 21 heavy (non-hydrogen) atoms. The number of piperidine rings is 1. The molecular weight excluding hydrogens is 286 g/mol. The maximum Gasteiger partial charge on any atom is 0.307 e. The summed E-state index contributed by atoms with van der Waals surface area (Å²) >= 11 is 1.71. The average Bonchev–Trinajstić information content (AvgIpc) is 2.81. The highest BCUT2D eigenvalue weighted by atomic mass is 32.1. The fourth-order valence-corrected chi connectivity index (χ4v) is 4.44. The molecule has 114 valence electrons. The molecule has 0 aromatic carbocycles. The molecule has 1 saturated carbocycles. The highest BCUT2D eigenvalue weighted by molar-refractivity contribution is 7.07. The number of amides is 1. The van der Waals surface area contributed by atoms with Gasteiger partial charge in [0, 0.05) is 13.1 Å². The van der Waals surface area contributed by atoms with Crippen LogP contribution in [0.25, 0.3) is 0 Å². The van der Waals surface area contributed by atoms with Crippen LogP contribution in [-0.2, 0) is 9.59 Å². The number of rotatable bonds is 3. The van der Waals surface area contributed by atoms with Crippen molar-refractivity contribution in [2.75, 3.05) is 13.1 Å². The molecule has 5 heteroatoms. The Balaban J connectivity index is 1.60. The average molecular weight is 307 g/mol. The molecule has 1 aliphatic carbocycles. The topological polar surface area (TPSA) is 57.6 Å². The normalized spacial score (nSPS) is 28.4. The van der Waals surface area contributed by atoms with Crippen LogP contribution in [0.15, 0.2) is 16.8 Å². The summed E-state index contributed by atoms with van der Waals surface area (Å²) in [5, 5.41) is 13.5. The molecular formula is C16H21NO3S. The molecule has 4 nitrogen and oxygen atoms in total. The summed E-state index contributed by atoms with van der Waals surface area (Å²) in [7, 11) is 0. The summed E-state index contributed by atoms with van der Waals surface area (Å²) in [6, 6.07) is 2.16. The summed E-state index contributed by atoms with van der Waals surface area (Å²) < 4.78 is 0. The molecule has 1 amide bonds. The number of aliphatic carboxylic acids is 1. The number of carbonyl (C=O) groups excluding carboxylic acids is 1. The quantitative estimate of drug-likeness (QED) is 0.934. The molecule has 1 N–H and O–H groups in total. The van der Waals surface area contributed by atoms with E-state index in [-0.39, 0.29) is 11.8 Å². The Morgan fingerprint density at radius 3 is 2.43 bits per heavy atom. The SMILES string of the molecule is CC1(C)[C@H](C(=O)O)[C@@H]1C(=O)N1CCC(c2ccsc2)CC1. The lowest BCUT2D eigenvalue weighted by Crippen LogP contribution is -2.39. The number of carbonyl (C=O) groups is 2. The molecule has 1 saturated heterocycles. The second-order valence-corrected chi connectivity index (χ2v) is 7.55. The largest absolute Gasteiger partial charge is 0.481 e. The molecule has 3 rings (SSSR count). The van der Waals surface area contributed by atoms with E-state index in [0.717, 1.165) is 25.9 Å². The first kappa shape index (κ1) is 14.6. The predicted molar refractivity (Wildman–Crippen MR) is 81.3 cm³/mol. The summed E-state index contributed by atoms with van der Waals surface area (Å²) in [5.74, 6) is -1.11. The number of nitrogens with zero attached hydrogens (tertiary/aromatic N) is 1. The van der Waals surface area contributed by atoms with Crippen LogP contribution in [0.3, 0.4) is 0 Å². The Hall–Kier alpha value is -1.36. The van der Waals surface area contributed by atoms with Gasteiger partial charge in [-0.2, -0.15) is 11.3 Å². The van der Waals surface area contributed by atoms with Crippen LogP contribution < -0.4 is 0 Å². The van der Waals surface area contributed by atoms with E-state index in [2.05, 4.69) is 16.8 Å². The fourth-order valence-electron chi connectivity index (χ4n) is 3.70. The summed E-state index contributed by atoms with van der Waals surface area (Å²) in [5.41, 5.74) is 0.981. The van der Waals surface area contributed by atoms with E-state index in [1.807, 2.05) is 18.7 Å². The molecule has 2 heterocycles. The molecule has 0 bridgehead atoms. The van der Waals surface area contributed by atoms with Gasteiger partial charge >= 0.3 is 5.97 Å². The molecule has 0 unspecified atom stereocenters. The first-order chi connectivity index (χ1) is 9.93. The van der Waals surface area contributed by atoms with Crippen LogP contribution in [0.1, 0.15) is 38.2 Å². The van der Waals surface area contributed by atoms with Gasteiger partial charge in [-0.15, -0.1) is 0 Å². The van der Waals surface area contributed by atoms with Gasteiger partial charge in [0.2, 0.25) is 5.91 Å². The molecule has 0 spiro atoms. The van der Waals surface area contributed by atoms with Gasteiger partial charge in [0.15, 0.2) is 0 Å². The zero-order valence-electron chi connectivity index (χ0n) is 12.4. The van der Waals surface area contributed by atoms with Gasteiger partial charge in [0.25, 0.3) is 0 Å². The van der Waals surface area contributed by atoms with Gasteiger partial charge in [0.1, 0.15) is 0 Å². The highest BCUT2D eigenvalue weighted by Gasteiger charge is 2.66. The van der Waals surface area contributed by atoms with Crippen molar-refractivity contribution in [3.05, 3.63) is 22.4 Å². The van der Waals surface area contributed by atoms with E-state index in [0.29, 0.717) is 5.92 Å². The Kier molecular flexibility index (Phi) is 3.56. The van der Waals surface area contributed by atoms with Crippen molar-refractivity contribution >= 4 is 23.2 Å². The Bertz CT molecular complexity index is 544. The summed E-state index contributed by atoms with van der Waals surface area (Å²) in [6.45, 7) is 5.26. The molecule has 1 aromatic heterocycles. The molecule has 2 atom stereocenters. The van der Waals surface area contributed by atoms with E-state index >= 15 is 0 Å². The zero-order chi connectivity index (χ0) is 15.2. The van der Waals surface area contributed by atoms with Gasteiger partial charge in [-0.25, -0.2) is 0 Å². The van der Waals surface area contributed by atoms with Crippen LogP contribution in [0.4, 0.5) is 0 Å². The van der Waals surface area contributed by atoms with Crippen molar-refractivity contribution < 1.29 is 14.7 Å². The molecule has 1 aliphatic heterocycles. The second-order valence-electron chi connectivity index (χ2n) is 6.77. The van der Waals surface area contributed by atoms with E-state index in [1.165, 1.54) is 5.56 Å². The summed E-state index contributed by atoms with van der Waals surface area (Å²) in [6.07, 6.45) is 1.96. The van der Waals surface area contributed by atoms with Crippen LogP contribution in [0.2, 0.25) is 0 Å². The van der Waals surface area contributed by atoms with Crippen molar-refractivity contribution in [3.8, 4) is 0 Å². The highest BCUT2D eigenvalue weighted by Crippen LogP contribution is 2.59. The lowest BCUT2D eigenvalue weighted by atomic mass is 9.91. The Morgan fingerprint density at radius 1 is 1.29 bits per heavy atom. The van der Waals surface area contributed by atoms with Crippen molar-refractivity contribution in [2.24, 2.45) is 17.3 Å². The first-order valence-electron chi connectivity index (χ1n) is 7.46. The van der Waals surface area contributed by atoms with Crippen LogP contribution in [0, 0.1) is 17.3 Å². The fraction of sp³-hybridized carbons (Fsp3) is 0.625. The number of thiophene rings is 1. The van der Waals surface area contributed by atoms with E-state index < -0.39 is 17.3 Å². The second kappa shape index (κ2) is 5.13. The monoisotopic (exact) mass is 307 g/mol. The van der Waals surface area contributed by atoms with Crippen LogP contribution >= 0.6 is 11.3 Å². The Morgan fingerprint density at radius 2 is 1.95 bits per heavy atom. The van der Waals surface area contributed by atoms with Crippen molar-refractivity contribution in [1.29, 1.82) is 0 Å². The summed E-state index contributed by atoms with van der Waals surface area (Å²) in [4.78, 5) is 25.6. The number of likely N-dealkylation sites (tertiary alicyclic amines) is 1. The van der Waals surface area contributed by atoms with E-state index in [9.17, 15) is 14.7 Å². The zero-order valence-corrected chi connectivity index (χ0v) is 13.2. The Labute approximate surface area is 128 Å². The number of hydrogen-bond acceptors (Lipinski definition) is 3. The lowest BCUT2D eigenvalue weighted by molar-refractivity contribution is -0.142. The van der Waals surface area contributed by atoms with Crippen LogP contribution in [-0.4, -0.2) is 35.0 Å². The van der Waals surface area contributed by atoms with Gasteiger partial charge in [-0.3, -0.25) is 9.59 Å². The maximum atomic E-state index is 12.5. The maximum absolute atomic E-state index is 12.5. The smallest absolute Gasteiger partial charge is 0.307 e.